The van der Waals surface area contributed by atoms with E-state index in [1.54, 1.807) is 7.11 Å². The first kappa shape index (κ1) is 15.6. The van der Waals surface area contributed by atoms with E-state index in [2.05, 4.69) is 69.4 Å². The maximum Gasteiger partial charge on any atom is 0.129 e. The molecule has 0 saturated carbocycles. The molecule has 112 valence electrons. The topological polar surface area (TPSA) is 21.3 Å². The standard InChI is InChI=1S/C19H25NO/c1-13(2)20-12-16-7-6-8-17(11-16)18-10-9-14(3)15(4)19(18)21-5/h6-11,13,20H,12H2,1-5H3. The molecule has 0 saturated heterocycles. The van der Waals surface area contributed by atoms with Crippen molar-refractivity contribution >= 4 is 0 Å². The van der Waals surface area contributed by atoms with Gasteiger partial charge in [0.15, 0.2) is 0 Å². The SMILES string of the molecule is COc1c(-c2cccc(CNC(C)C)c2)ccc(C)c1C. The van der Waals surface area contributed by atoms with Crippen LogP contribution in [0.4, 0.5) is 0 Å². The van der Waals surface area contributed by atoms with Gasteiger partial charge >= 0.3 is 0 Å². The van der Waals surface area contributed by atoms with Crippen LogP contribution in [0.2, 0.25) is 0 Å². The molecule has 0 aliphatic heterocycles. The van der Waals surface area contributed by atoms with Crippen LogP contribution < -0.4 is 10.1 Å². The van der Waals surface area contributed by atoms with E-state index in [9.17, 15) is 0 Å². The van der Waals surface area contributed by atoms with Crippen molar-refractivity contribution in [2.75, 3.05) is 7.11 Å². The molecule has 0 spiro atoms. The Morgan fingerprint density at radius 2 is 1.86 bits per heavy atom. The Labute approximate surface area is 128 Å². The monoisotopic (exact) mass is 283 g/mol. The molecule has 2 nitrogen and oxygen atoms in total. The van der Waals surface area contributed by atoms with Gasteiger partial charge in [-0.2, -0.15) is 0 Å². The van der Waals surface area contributed by atoms with Crippen LogP contribution in [-0.4, -0.2) is 13.2 Å². The van der Waals surface area contributed by atoms with Crippen LogP contribution in [0.5, 0.6) is 5.75 Å². The number of nitrogens with one attached hydrogen (secondary N) is 1. The van der Waals surface area contributed by atoms with E-state index in [1.807, 2.05) is 0 Å². The maximum atomic E-state index is 5.63. The summed E-state index contributed by atoms with van der Waals surface area (Å²) in [6.45, 7) is 9.44. The van der Waals surface area contributed by atoms with Gasteiger partial charge < -0.3 is 10.1 Å². The van der Waals surface area contributed by atoms with Gasteiger partial charge in [-0.05, 0) is 42.2 Å². The molecule has 0 aliphatic rings. The molecule has 2 heteroatoms. The Bertz CT molecular complexity index is 617. The summed E-state index contributed by atoms with van der Waals surface area (Å²) < 4.78 is 5.63. The molecule has 0 amide bonds. The highest BCUT2D eigenvalue weighted by Crippen LogP contribution is 2.34. The molecule has 2 aromatic carbocycles. The molecule has 0 radical (unpaired) electrons. The predicted molar refractivity (Wildman–Crippen MR) is 89.9 cm³/mol. The number of ether oxygens (including phenoxy) is 1. The Balaban J connectivity index is 2.38. The summed E-state index contributed by atoms with van der Waals surface area (Å²) in [5.41, 5.74) is 6.13. The van der Waals surface area contributed by atoms with Gasteiger partial charge in [0.25, 0.3) is 0 Å². The number of hydrogen-bond acceptors (Lipinski definition) is 2. The Morgan fingerprint density at radius 3 is 2.52 bits per heavy atom. The molecule has 1 N–H and O–H groups in total. The second kappa shape index (κ2) is 6.77. The summed E-state index contributed by atoms with van der Waals surface area (Å²) in [6.07, 6.45) is 0. The minimum Gasteiger partial charge on any atom is -0.496 e. The third kappa shape index (κ3) is 3.64. The zero-order valence-corrected chi connectivity index (χ0v) is 13.7. The van der Waals surface area contributed by atoms with Crippen LogP contribution in [0, 0.1) is 13.8 Å². The van der Waals surface area contributed by atoms with E-state index in [4.69, 9.17) is 4.74 Å². The molecule has 0 aliphatic carbocycles. The van der Waals surface area contributed by atoms with Crippen LogP contribution in [-0.2, 0) is 6.54 Å². The number of hydrogen-bond donors (Lipinski definition) is 1. The van der Waals surface area contributed by atoms with Gasteiger partial charge in [0.1, 0.15) is 5.75 Å². The van der Waals surface area contributed by atoms with E-state index in [0.717, 1.165) is 17.9 Å². The average Bonchev–Trinajstić information content (AvgIpc) is 2.48. The largest absolute Gasteiger partial charge is 0.496 e. The first-order valence-corrected chi connectivity index (χ1v) is 7.49. The molecular formula is C19H25NO. The van der Waals surface area contributed by atoms with Crippen LogP contribution >= 0.6 is 0 Å². The summed E-state index contributed by atoms with van der Waals surface area (Å²) in [5.74, 6) is 0.976. The highest BCUT2D eigenvalue weighted by Gasteiger charge is 2.10. The highest BCUT2D eigenvalue weighted by atomic mass is 16.5. The van der Waals surface area contributed by atoms with Gasteiger partial charge in [0.2, 0.25) is 0 Å². The summed E-state index contributed by atoms with van der Waals surface area (Å²) in [6, 6.07) is 13.5. The maximum absolute atomic E-state index is 5.63. The van der Waals surface area contributed by atoms with Crippen LogP contribution in [0.1, 0.15) is 30.5 Å². The molecule has 0 fully saturated rings. The molecule has 2 aromatic rings. The van der Waals surface area contributed by atoms with E-state index < -0.39 is 0 Å². The molecule has 21 heavy (non-hydrogen) atoms. The van der Waals surface area contributed by atoms with Crippen LogP contribution in [0.15, 0.2) is 36.4 Å². The number of methoxy groups -OCH3 is 1. The van der Waals surface area contributed by atoms with Crippen molar-refractivity contribution in [3.8, 4) is 16.9 Å². The van der Waals surface area contributed by atoms with Crippen molar-refractivity contribution in [2.24, 2.45) is 0 Å². The van der Waals surface area contributed by atoms with Crippen molar-refractivity contribution in [3.63, 3.8) is 0 Å². The van der Waals surface area contributed by atoms with Crippen molar-refractivity contribution < 1.29 is 4.74 Å². The molecule has 0 heterocycles. The van der Waals surface area contributed by atoms with Crippen molar-refractivity contribution in [2.45, 2.75) is 40.3 Å². The number of rotatable bonds is 5. The van der Waals surface area contributed by atoms with Crippen LogP contribution in [0.3, 0.4) is 0 Å². The zero-order chi connectivity index (χ0) is 15.4. The normalized spacial score (nSPS) is 11.0. The smallest absolute Gasteiger partial charge is 0.129 e. The van der Waals surface area contributed by atoms with E-state index >= 15 is 0 Å². The molecule has 2 rings (SSSR count). The lowest BCUT2D eigenvalue weighted by molar-refractivity contribution is 0.413. The molecular weight excluding hydrogens is 258 g/mol. The third-order valence-corrected chi connectivity index (χ3v) is 3.83. The summed E-state index contributed by atoms with van der Waals surface area (Å²) >= 11 is 0. The fraction of sp³-hybridized carbons (Fsp3) is 0.368. The van der Waals surface area contributed by atoms with Crippen molar-refractivity contribution in [1.82, 2.24) is 5.32 Å². The molecule has 0 aromatic heterocycles. The Hall–Kier alpha value is -1.80. The lowest BCUT2D eigenvalue weighted by Crippen LogP contribution is -2.21. The predicted octanol–water partition coefficient (Wildman–Crippen LogP) is 4.48. The van der Waals surface area contributed by atoms with Gasteiger partial charge in [0.05, 0.1) is 7.11 Å². The lowest BCUT2D eigenvalue weighted by atomic mass is 9.97. The van der Waals surface area contributed by atoms with E-state index in [0.29, 0.717) is 6.04 Å². The van der Waals surface area contributed by atoms with Crippen molar-refractivity contribution in [3.05, 3.63) is 53.1 Å². The molecule has 0 bridgehead atoms. The zero-order valence-electron chi connectivity index (χ0n) is 13.7. The lowest BCUT2D eigenvalue weighted by Gasteiger charge is -2.15. The van der Waals surface area contributed by atoms with Gasteiger partial charge in [-0.25, -0.2) is 0 Å². The van der Waals surface area contributed by atoms with E-state index in [-0.39, 0.29) is 0 Å². The van der Waals surface area contributed by atoms with Crippen LogP contribution in [0.25, 0.3) is 11.1 Å². The fourth-order valence-corrected chi connectivity index (χ4v) is 2.45. The summed E-state index contributed by atoms with van der Waals surface area (Å²) in [7, 11) is 1.75. The van der Waals surface area contributed by atoms with Gasteiger partial charge in [-0.15, -0.1) is 0 Å². The van der Waals surface area contributed by atoms with E-state index in [1.165, 1.54) is 22.3 Å². The number of aryl methyl sites for hydroxylation is 1. The Morgan fingerprint density at radius 1 is 1.10 bits per heavy atom. The first-order valence-electron chi connectivity index (χ1n) is 7.49. The Kier molecular flexibility index (Phi) is 5.03. The third-order valence-electron chi connectivity index (χ3n) is 3.83. The minimum absolute atomic E-state index is 0.491. The summed E-state index contributed by atoms with van der Waals surface area (Å²) in [5, 5.41) is 3.46. The van der Waals surface area contributed by atoms with Gasteiger partial charge in [-0.3, -0.25) is 0 Å². The second-order valence-corrected chi connectivity index (χ2v) is 5.82. The molecule has 0 unspecified atom stereocenters. The minimum atomic E-state index is 0.491. The highest BCUT2D eigenvalue weighted by molar-refractivity contribution is 5.73. The van der Waals surface area contributed by atoms with Gasteiger partial charge in [-0.1, -0.05) is 44.2 Å². The average molecular weight is 283 g/mol. The first-order chi connectivity index (χ1) is 10.0. The fourth-order valence-electron chi connectivity index (χ4n) is 2.45. The molecule has 0 atom stereocenters. The quantitative estimate of drug-likeness (QED) is 0.873. The van der Waals surface area contributed by atoms with Crippen molar-refractivity contribution in [1.29, 1.82) is 0 Å². The second-order valence-electron chi connectivity index (χ2n) is 5.82. The number of benzene rings is 2. The van der Waals surface area contributed by atoms with Gasteiger partial charge in [0, 0.05) is 18.2 Å². The summed E-state index contributed by atoms with van der Waals surface area (Å²) in [4.78, 5) is 0.